The Bertz CT molecular complexity index is 164. The summed E-state index contributed by atoms with van der Waals surface area (Å²) in [5, 5.41) is 4.43. The molecule has 0 atom stereocenters. The summed E-state index contributed by atoms with van der Waals surface area (Å²) in [5.74, 6) is -0.0624. The lowest BCUT2D eigenvalue weighted by Gasteiger charge is -2.29. The molecule has 0 radical (unpaired) electrons. The Hall–Kier alpha value is 0.390. The Labute approximate surface area is 102 Å². The van der Waals surface area contributed by atoms with Gasteiger partial charge in [-0.05, 0) is 13.3 Å². The van der Waals surface area contributed by atoms with Crippen molar-refractivity contribution in [2.45, 2.75) is 25.8 Å². The molecule has 0 bridgehead atoms. The SMILES string of the molecule is CCOCC(=O)NC(CC)(CBr)CBr. The zero-order chi connectivity index (χ0) is 11.0. The lowest BCUT2D eigenvalue weighted by Crippen LogP contribution is -2.52. The molecule has 0 rings (SSSR count). The summed E-state index contributed by atoms with van der Waals surface area (Å²) in [7, 11) is 0. The van der Waals surface area contributed by atoms with Crippen molar-refractivity contribution in [2.24, 2.45) is 0 Å². The zero-order valence-electron chi connectivity index (χ0n) is 8.61. The number of hydrogen-bond donors (Lipinski definition) is 1. The molecular weight excluding hydrogens is 314 g/mol. The van der Waals surface area contributed by atoms with Gasteiger partial charge in [-0.3, -0.25) is 4.79 Å². The number of carbonyl (C=O) groups is 1. The first-order chi connectivity index (χ1) is 6.64. The van der Waals surface area contributed by atoms with Crippen molar-refractivity contribution < 1.29 is 9.53 Å². The summed E-state index contributed by atoms with van der Waals surface area (Å²) in [6.07, 6.45) is 0.876. The molecule has 0 saturated heterocycles. The molecule has 0 fully saturated rings. The van der Waals surface area contributed by atoms with Crippen LogP contribution < -0.4 is 5.32 Å². The van der Waals surface area contributed by atoms with Crippen molar-refractivity contribution in [3.8, 4) is 0 Å². The van der Waals surface area contributed by atoms with Crippen LogP contribution in [0.15, 0.2) is 0 Å². The van der Waals surface area contributed by atoms with E-state index in [9.17, 15) is 4.79 Å². The van der Waals surface area contributed by atoms with Crippen LogP contribution in [-0.4, -0.2) is 35.3 Å². The Kier molecular flexibility index (Phi) is 7.86. The molecule has 0 aromatic heterocycles. The summed E-state index contributed by atoms with van der Waals surface area (Å²) in [5.41, 5.74) is -0.200. The van der Waals surface area contributed by atoms with E-state index in [1.165, 1.54) is 0 Å². The summed E-state index contributed by atoms with van der Waals surface area (Å²) in [6.45, 7) is 4.62. The van der Waals surface area contributed by atoms with E-state index in [1.807, 2.05) is 13.8 Å². The van der Waals surface area contributed by atoms with E-state index < -0.39 is 0 Å². The molecule has 14 heavy (non-hydrogen) atoms. The van der Waals surface area contributed by atoms with Crippen molar-refractivity contribution in [3.63, 3.8) is 0 Å². The van der Waals surface area contributed by atoms with Gasteiger partial charge in [-0.1, -0.05) is 38.8 Å². The van der Waals surface area contributed by atoms with E-state index >= 15 is 0 Å². The maximum atomic E-state index is 11.4. The largest absolute Gasteiger partial charge is 0.372 e. The molecule has 0 unspecified atom stereocenters. The average Bonchev–Trinajstić information content (AvgIpc) is 2.23. The second kappa shape index (κ2) is 7.65. The van der Waals surface area contributed by atoms with Gasteiger partial charge in [0.1, 0.15) is 6.61 Å². The van der Waals surface area contributed by atoms with Crippen LogP contribution in [0.3, 0.4) is 0 Å². The van der Waals surface area contributed by atoms with Gasteiger partial charge >= 0.3 is 0 Å². The lowest BCUT2D eigenvalue weighted by molar-refractivity contribution is -0.127. The van der Waals surface area contributed by atoms with Gasteiger partial charge < -0.3 is 10.1 Å². The number of amides is 1. The quantitative estimate of drug-likeness (QED) is 0.726. The fourth-order valence-corrected chi connectivity index (χ4v) is 2.91. The smallest absolute Gasteiger partial charge is 0.246 e. The second-order valence-electron chi connectivity index (χ2n) is 3.09. The minimum atomic E-state index is -0.200. The van der Waals surface area contributed by atoms with E-state index in [2.05, 4.69) is 37.2 Å². The molecule has 1 N–H and O–H groups in total. The van der Waals surface area contributed by atoms with Crippen molar-refractivity contribution in [1.29, 1.82) is 0 Å². The Balaban J connectivity index is 4.08. The molecule has 3 nitrogen and oxygen atoms in total. The van der Waals surface area contributed by atoms with Crippen molar-refractivity contribution >= 4 is 37.8 Å². The standard InChI is InChI=1S/C9H17Br2NO2/c1-3-9(6-10,7-11)12-8(13)5-14-4-2/h3-7H2,1-2H3,(H,12,13). The Morgan fingerprint density at radius 3 is 2.29 bits per heavy atom. The Morgan fingerprint density at radius 1 is 1.36 bits per heavy atom. The van der Waals surface area contributed by atoms with Gasteiger partial charge in [-0.25, -0.2) is 0 Å². The highest BCUT2D eigenvalue weighted by Crippen LogP contribution is 2.16. The van der Waals surface area contributed by atoms with E-state index in [1.54, 1.807) is 0 Å². The second-order valence-corrected chi connectivity index (χ2v) is 4.21. The monoisotopic (exact) mass is 329 g/mol. The van der Waals surface area contributed by atoms with Gasteiger partial charge in [-0.2, -0.15) is 0 Å². The highest BCUT2D eigenvalue weighted by atomic mass is 79.9. The van der Waals surface area contributed by atoms with Crippen LogP contribution in [-0.2, 0) is 9.53 Å². The van der Waals surface area contributed by atoms with Gasteiger partial charge in [0, 0.05) is 17.3 Å². The van der Waals surface area contributed by atoms with Crippen LogP contribution in [0.2, 0.25) is 0 Å². The normalized spacial score (nSPS) is 11.4. The van der Waals surface area contributed by atoms with Gasteiger partial charge in [0.15, 0.2) is 0 Å². The first-order valence-corrected chi connectivity index (χ1v) is 6.89. The summed E-state index contributed by atoms with van der Waals surface area (Å²) in [4.78, 5) is 11.4. The number of carbonyl (C=O) groups excluding carboxylic acids is 1. The minimum absolute atomic E-state index is 0.0624. The predicted octanol–water partition coefficient (Wildman–Crippen LogP) is 2.08. The third-order valence-electron chi connectivity index (χ3n) is 2.03. The Morgan fingerprint density at radius 2 is 1.93 bits per heavy atom. The van der Waals surface area contributed by atoms with Gasteiger partial charge in [0.05, 0.1) is 5.54 Å². The van der Waals surface area contributed by atoms with Gasteiger partial charge in [0.2, 0.25) is 5.91 Å². The topological polar surface area (TPSA) is 38.3 Å². The van der Waals surface area contributed by atoms with Crippen molar-refractivity contribution in [1.82, 2.24) is 5.32 Å². The maximum absolute atomic E-state index is 11.4. The predicted molar refractivity (Wildman–Crippen MR) is 65.2 cm³/mol. The molecule has 0 aromatic rings. The highest BCUT2D eigenvalue weighted by Gasteiger charge is 2.27. The van der Waals surface area contributed by atoms with Crippen LogP contribution in [0.1, 0.15) is 20.3 Å². The number of nitrogens with one attached hydrogen (secondary N) is 1. The number of hydrogen-bond acceptors (Lipinski definition) is 2. The fourth-order valence-electron chi connectivity index (χ4n) is 0.906. The number of alkyl halides is 2. The molecule has 5 heteroatoms. The number of halogens is 2. The molecule has 0 aliphatic rings. The molecule has 0 spiro atoms. The van der Waals surface area contributed by atoms with Crippen LogP contribution in [0.4, 0.5) is 0 Å². The molecule has 1 amide bonds. The van der Waals surface area contributed by atoms with Crippen LogP contribution in [0.5, 0.6) is 0 Å². The average molecular weight is 331 g/mol. The van der Waals surface area contributed by atoms with Crippen molar-refractivity contribution in [3.05, 3.63) is 0 Å². The van der Waals surface area contributed by atoms with E-state index in [-0.39, 0.29) is 18.1 Å². The lowest BCUT2D eigenvalue weighted by atomic mass is 10.0. The van der Waals surface area contributed by atoms with Gasteiger partial charge in [-0.15, -0.1) is 0 Å². The maximum Gasteiger partial charge on any atom is 0.246 e. The third kappa shape index (κ3) is 4.75. The highest BCUT2D eigenvalue weighted by molar-refractivity contribution is 9.09. The first-order valence-electron chi connectivity index (χ1n) is 4.64. The number of rotatable bonds is 7. The molecule has 0 aromatic carbocycles. The number of ether oxygens (including phenoxy) is 1. The molecule has 0 saturated carbocycles. The fraction of sp³-hybridized carbons (Fsp3) is 0.889. The summed E-state index contributed by atoms with van der Waals surface area (Å²) < 4.78 is 5.03. The van der Waals surface area contributed by atoms with E-state index in [0.29, 0.717) is 6.61 Å². The van der Waals surface area contributed by atoms with E-state index in [0.717, 1.165) is 17.1 Å². The van der Waals surface area contributed by atoms with Gasteiger partial charge in [0.25, 0.3) is 0 Å². The molecule has 84 valence electrons. The molecule has 0 heterocycles. The molecule has 0 aliphatic heterocycles. The van der Waals surface area contributed by atoms with Crippen molar-refractivity contribution in [2.75, 3.05) is 23.9 Å². The summed E-state index contributed by atoms with van der Waals surface area (Å²) >= 11 is 6.81. The molecule has 0 aliphatic carbocycles. The first kappa shape index (κ1) is 14.4. The minimum Gasteiger partial charge on any atom is -0.372 e. The molecular formula is C9H17Br2NO2. The van der Waals surface area contributed by atoms with Crippen LogP contribution >= 0.6 is 31.9 Å². The van der Waals surface area contributed by atoms with Crippen LogP contribution in [0, 0.1) is 0 Å². The van der Waals surface area contributed by atoms with Crippen LogP contribution in [0.25, 0.3) is 0 Å². The third-order valence-corrected chi connectivity index (χ3v) is 4.18. The summed E-state index contributed by atoms with van der Waals surface area (Å²) in [6, 6.07) is 0. The van der Waals surface area contributed by atoms with E-state index in [4.69, 9.17) is 4.74 Å². The zero-order valence-corrected chi connectivity index (χ0v) is 11.8.